The van der Waals surface area contributed by atoms with E-state index in [0.29, 0.717) is 12.0 Å². The molecule has 0 amide bonds. The van der Waals surface area contributed by atoms with Gasteiger partial charge in [0.2, 0.25) is 0 Å². The first-order chi connectivity index (χ1) is 9.85. The molecule has 6 heteroatoms. The Bertz CT molecular complexity index is 437. The second-order valence-electron chi connectivity index (χ2n) is 5.02. The lowest BCUT2D eigenvalue weighted by molar-refractivity contribution is -0.170. The lowest BCUT2D eigenvalue weighted by Crippen LogP contribution is -2.39. The summed E-state index contributed by atoms with van der Waals surface area (Å²) in [6, 6.07) is 0. The normalized spacial score (nSPS) is 26.3. The summed E-state index contributed by atoms with van der Waals surface area (Å²) in [4.78, 5) is 23.1. The number of aliphatic hydroxyl groups excluding tert-OH is 2. The first-order valence-electron chi connectivity index (χ1n) is 6.93. The maximum Gasteiger partial charge on any atom is 0.333 e. The number of hydrogen-bond acceptors (Lipinski definition) is 6. The highest BCUT2D eigenvalue weighted by Crippen LogP contribution is 2.21. The zero-order valence-electron chi connectivity index (χ0n) is 12.5. The summed E-state index contributed by atoms with van der Waals surface area (Å²) in [5.41, 5.74) is 0.471. The van der Waals surface area contributed by atoms with Gasteiger partial charge in [-0.25, -0.2) is 4.79 Å². The molecule has 0 saturated carbocycles. The molecule has 0 aromatic carbocycles. The Morgan fingerprint density at radius 1 is 1.48 bits per heavy atom. The lowest BCUT2D eigenvalue weighted by atomic mass is 10.0. The highest BCUT2D eigenvalue weighted by Gasteiger charge is 2.32. The van der Waals surface area contributed by atoms with Gasteiger partial charge in [-0.3, -0.25) is 4.79 Å². The van der Waals surface area contributed by atoms with Crippen LogP contribution in [0, 0.1) is 0 Å². The average molecular weight is 298 g/mol. The molecule has 1 aliphatic rings. The van der Waals surface area contributed by atoms with Crippen LogP contribution < -0.4 is 0 Å². The summed E-state index contributed by atoms with van der Waals surface area (Å²) in [6.45, 7) is 4.81. The fourth-order valence-corrected chi connectivity index (χ4v) is 1.73. The van der Waals surface area contributed by atoms with Gasteiger partial charge in [0.25, 0.3) is 0 Å². The van der Waals surface area contributed by atoms with Gasteiger partial charge < -0.3 is 19.7 Å². The van der Waals surface area contributed by atoms with Crippen LogP contribution in [-0.4, -0.2) is 46.6 Å². The Balaban J connectivity index is 2.75. The lowest BCUT2D eigenvalue weighted by Gasteiger charge is -2.29. The molecule has 2 N–H and O–H groups in total. The van der Waals surface area contributed by atoms with E-state index in [9.17, 15) is 19.8 Å². The van der Waals surface area contributed by atoms with Gasteiger partial charge in [-0.05, 0) is 33.3 Å². The van der Waals surface area contributed by atoms with E-state index < -0.39 is 30.4 Å². The predicted octanol–water partition coefficient (Wildman–Crippen LogP) is 0.868. The van der Waals surface area contributed by atoms with E-state index in [1.54, 1.807) is 19.9 Å². The Hall–Kier alpha value is -1.66. The van der Waals surface area contributed by atoms with Crippen molar-refractivity contribution in [2.45, 2.75) is 58.0 Å². The van der Waals surface area contributed by atoms with E-state index in [-0.39, 0.29) is 12.4 Å². The fraction of sp³-hybridized carbons (Fsp3) is 0.600. The molecule has 1 rings (SSSR count). The molecule has 118 valence electrons. The minimum Gasteiger partial charge on any atom is -0.455 e. The van der Waals surface area contributed by atoms with Gasteiger partial charge in [0.05, 0.1) is 12.2 Å². The minimum atomic E-state index is -1.07. The smallest absolute Gasteiger partial charge is 0.333 e. The molecule has 21 heavy (non-hydrogen) atoms. The number of esters is 2. The Kier molecular flexibility index (Phi) is 6.58. The highest BCUT2D eigenvalue weighted by atomic mass is 16.6. The third-order valence-corrected chi connectivity index (χ3v) is 3.27. The molecule has 1 heterocycles. The van der Waals surface area contributed by atoms with E-state index in [4.69, 9.17) is 9.47 Å². The van der Waals surface area contributed by atoms with Crippen LogP contribution in [0.3, 0.4) is 0 Å². The van der Waals surface area contributed by atoms with Crippen LogP contribution >= 0.6 is 0 Å². The molecule has 1 aliphatic heterocycles. The third kappa shape index (κ3) is 5.32. The molecule has 4 unspecified atom stereocenters. The number of carbonyl (C=O) groups is 2. The van der Waals surface area contributed by atoms with Gasteiger partial charge >= 0.3 is 11.9 Å². The molecule has 0 aliphatic carbocycles. The van der Waals surface area contributed by atoms with Gasteiger partial charge in [0.15, 0.2) is 6.10 Å². The monoisotopic (exact) mass is 298 g/mol. The first-order valence-corrected chi connectivity index (χ1v) is 6.93. The molecule has 6 nitrogen and oxygen atoms in total. The molecule has 1 fully saturated rings. The van der Waals surface area contributed by atoms with Gasteiger partial charge in [0, 0.05) is 12.0 Å². The zero-order chi connectivity index (χ0) is 16.0. The summed E-state index contributed by atoms with van der Waals surface area (Å²) >= 11 is 0. The minimum absolute atomic E-state index is 0.177. The number of rotatable bonds is 5. The molecule has 0 bridgehead atoms. The Morgan fingerprint density at radius 2 is 2.14 bits per heavy atom. The molecular weight excluding hydrogens is 276 g/mol. The van der Waals surface area contributed by atoms with Crippen molar-refractivity contribution >= 4 is 11.9 Å². The zero-order valence-corrected chi connectivity index (χ0v) is 12.5. The Morgan fingerprint density at radius 3 is 2.71 bits per heavy atom. The summed E-state index contributed by atoms with van der Waals surface area (Å²) < 4.78 is 10.4. The maximum absolute atomic E-state index is 11.8. The summed E-state index contributed by atoms with van der Waals surface area (Å²) in [7, 11) is 0. The van der Waals surface area contributed by atoms with Crippen molar-refractivity contribution in [1.82, 2.24) is 0 Å². The van der Waals surface area contributed by atoms with Crippen LogP contribution in [0.2, 0.25) is 0 Å². The molecule has 0 aromatic heterocycles. The highest BCUT2D eigenvalue weighted by molar-refractivity contribution is 5.87. The van der Waals surface area contributed by atoms with E-state index in [1.807, 2.05) is 0 Å². The van der Waals surface area contributed by atoms with Crippen molar-refractivity contribution < 1.29 is 29.3 Å². The van der Waals surface area contributed by atoms with Crippen molar-refractivity contribution in [3.05, 3.63) is 23.8 Å². The summed E-state index contributed by atoms with van der Waals surface area (Å²) in [5, 5.41) is 18.7. The number of hydrogen-bond donors (Lipinski definition) is 2. The van der Waals surface area contributed by atoms with Crippen LogP contribution in [0.1, 0.15) is 33.6 Å². The number of allylic oxidation sites excluding steroid dienone is 1. The quantitative estimate of drug-likeness (QED) is 0.444. The van der Waals surface area contributed by atoms with Crippen LogP contribution in [0.5, 0.6) is 0 Å². The van der Waals surface area contributed by atoms with E-state index >= 15 is 0 Å². The molecule has 1 saturated heterocycles. The van der Waals surface area contributed by atoms with E-state index in [2.05, 4.69) is 0 Å². The SMILES string of the molecule is C/C=C(\C)C(=O)OC1CCC(=O)OC1C=CC(O)C(C)O. The predicted molar refractivity (Wildman–Crippen MR) is 75.3 cm³/mol. The fourth-order valence-electron chi connectivity index (χ4n) is 1.73. The van der Waals surface area contributed by atoms with Crippen LogP contribution in [-0.2, 0) is 19.1 Å². The number of carbonyl (C=O) groups excluding carboxylic acids is 2. The van der Waals surface area contributed by atoms with Crippen LogP contribution in [0.15, 0.2) is 23.8 Å². The molecule has 0 aromatic rings. The molecule has 0 radical (unpaired) electrons. The first kappa shape index (κ1) is 17.4. The maximum atomic E-state index is 11.8. The third-order valence-electron chi connectivity index (χ3n) is 3.27. The number of cyclic esters (lactones) is 1. The topological polar surface area (TPSA) is 93.1 Å². The van der Waals surface area contributed by atoms with Crippen molar-refractivity contribution in [1.29, 1.82) is 0 Å². The second-order valence-corrected chi connectivity index (χ2v) is 5.02. The van der Waals surface area contributed by atoms with Gasteiger partial charge in [0.1, 0.15) is 6.10 Å². The van der Waals surface area contributed by atoms with Gasteiger partial charge in [-0.2, -0.15) is 0 Å². The molecule has 0 spiro atoms. The summed E-state index contributed by atoms with van der Waals surface area (Å²) in [6.07, 6.45) is 1.59. The van der Waals surface area contributed by atoms with Crippen LogP contribution in [0.4, 0.5) is 0 Å². The van der Waals surface area contributed by atoms with E-state index in [0.717, 1.165) is 0 Å². The second kappa shape index (κ2) is 7.95. The van der Waals surface area contributed by atoms with Gasteiger partial charge in [-0.15, -0.1) is 0 Å². The molecule has 4 atom stereocenters. The van der Waals surface area contributed by atoms with Crippen molar-refractivity contribution in [3.63, 3.8) is 0 Å². The van der Waals surface area contributed by atoms with Crippen molar-refractivity contribution in [3.8, 4) is 0 Å². The van der Waals surface area contributed by atoms with E-state index in [1.165, 1.54) is 19.1 Å². The number of aliphatic hydroxyl groups is 2. The van der Waals surface area contributed by atoms with Gasteiger partial charge in [-0.1, -0.05) is 12.2 Å². The number of ether oxygens (including phenoxy) is 2. The standard InChI is InChI=1S/C15H22O6/c1-4-9(2)15(19)21-13-7-8-14(18)20-12(13)6-5-11(17)10(3)16/h4-6,10-13,16-17H,7-8H2,1-3H3/b6-5?,9-4+. The van der Waals surface area contributed by atoms with Crippen molar-refractivity contribution in [2.24, 2.45) is 0 Å². The summed E-state index contributed by atoms with van der Waals surface area (Å²) in [5.74, 6) is -0.846. The molecular formula is C15H22O6. The largest absolute Gasteiger partial charge is 0.455 e. The van der Waals surface area contributed by atoms with Crippen molar-refractivity contribution in [2.75, 3.05) is 0 Å². The average Bonchev–Trinajstić information content (AvgIpc) is 2.45. The Labute approximate surface area is 124 Å². The van der Waals surface area contributed by atoms with Crippen LogP contribution in [0.25, 0.3) is 0 Å².